The number of hydrogen-bond acceptors (Lipinski definition) is 4. The van der Waals surface area contributed by atoms with Gasteiger partial charge >= 0.3 is 0 Å². The van der Waals surface area contributed by atoms with Gasteiger partial charge < -0.3 is 20.1 Å². The topological polar surface area (TPSA) is 77.8 Å². The summed E-state index contributed by atoms with van der Waals surface area (Å²) in [7, 11) is 0. The van der Waals surface area contributed by atoms with Crippen LogP contribution in [0.1, 0.15) is 59.8 Å². The Morgan fingerprint density at radius 2 is 1.46 bits per heavy atom. The Bertz CT molecular complexity index is 491. The third-order valence-corrected chi connectivity index (χ3v) is 7.59. The number of rotatable bonds is 0. The van der Waals surface area contributed by atoms with Crippen molar-refractivity contribution in [3.8, 4) is 0 Å². The van der Waals surface area contributed by atoms with Crippen LogP contribution in [0.4, 0.5) is 0 Å². The standard InChI is InChI=1S/C18H28O.C3H8O2.CH2O/c1-9-4-7-15(19)18-12(11(9)3)5-6-13-16-10(2)8-14(16)17(13)18;1-3(2,4)5;1-2/h9,11-19H,2,4-8H2,1,3H3;4-5H,1-2H3;1H2/t9?,11-,12?,13?,14?,15-,16?,17?,18?;;/m0../s1. The molecule has 3 N–H and O–H groups in total. The zero-order valence-electron chi connectivity index (χ0n) is 16.9. The third kappa shape index (κ3) is 4.07. The lowest BCUT2D eigenvalue weighted by atomic mass is 9.38. The lowest BCUT2D eigenvalue weighted by molar-refractivity contribution is -0.164. The van der Waals surface area contributed by atoms with Gasteiger partial charge in [0.15, 0.2) is 5.79 Å². The van der Waals surface area contributed by atoms with Gasteiger partial charge in [0.1, 0.15) is 6.79 Å². The maximum atomic E-state index is 10.7. The van der Waals surface area contributed by atoms with Gasteiger partial charge in [0.05, 0.1) is 6.10 Å². The van der Waals surface area contributed by atoms with Gasteiger partial charge in [0.2, 0.25) is 0 Å². The van der Waals surface area contributed by atoms with Crippen LogP contribution in [0.2, 0.25) is 0 Å². The molecule has 0 heterocycles. The zero-order chi connectivity index (χ0) is 19.8. The fourth-order valence-electron chi connectivity index (χ4n) is 6.39. The molecule has 4 rings (SSSR count). The summed E-state index contributed by atoms with van der Waals surface area (Å²) in [5.41, 5.74) is 1.52. The van der Waals surface area contributed by atoms with E-state index >= 15 is 0 Å². The molecule has 4 aliphatic rings. The maximum absolute atomic E-state index is 10.7. The summed E-state index contributed by atoms with van der Waals surface area (Å²) in [6, 6.07) is 0. The average Bonchev–Trinajstić information content (AvgIpc) is 2.64. The molecule has 26 heavy (non-hydrogen) atoms. The smallest absolute Gasteiger partial charge is 0.156 e. The molecule has 0 aromatic carbocycles. The van der Waals surface area contributed by atoms with Crippen molar-refractivity contribution in [1.29, 1.82) is 0 Å². The van der Waals surface area contributed by atoms with Gasteiger partial charge in [-0.25, -0.2) is 0 Å². The molecule has 4 saturated carbocycles. The summed E-state index contributed by atoms with van der Waals surface area (Å²) in [6.07, 6.45) is 6.31. The largest absolute Gasteiger partial charge is 0.393 e. The van der Waals surface area contributed by atoms with Gasteiger partial charge in [0.25, 0.3) is 0 Å². The van der Waals surface area contributed by atoms with Gasteiger partial charge in [-0.05, 0) is 93.3 Å². The van der Waals surface area contributed by atoms with Crippen LogP contribution in [0.5, 0.6) is 0 Å². The first kappa shape index (κ1) is 21.6. The Kier molecular flexibility index (Phi) is 6.74. The minimum atomic E-state index is -1.50. The molecule has 0 bridgehead atoms. The molecular weight excluding hydrogens is 328 g/mol. The van der Waals surface area contributed by atoms with Gasteiger partial charge in [-0.15, -0.1) is 0 Å². The average molecular weight is 367 g/mol. The molecule has 0 amide bonds. The van der Waals surface area contributed by atoms with Crippen LogP contribution in [-0.2, 0) is 4.79 Å². The first-order valence-corrected chi connectivity index (χ1v) is 10.2. The van der Waals surface area contributed by atoms with Crippen LogP contribution in [0, 0.1) is 47.3 Å². The van der Waals surface area contributed by atoms with E-state index in [1.807, 2.05) is 6.79 Å². The maximum Gasteiger partial charge on any atom is 0.156 e. The predicted octanol–water partition coefficient (Wildman–Crippen LogP) is 3.40. The van der Waals surface area contributed by atoms with Crippen molar-refractivity contribution in [2.45, 2.75) is 71.7 Å². The Hall–Kier alpha value is -0.710. The molecule has 4 aliphatic carbocycles. The summed E-state index contributed by atoms with van der Waals surface area (Å²) < 4.78 is 0. The van der Waals surface area contributed by atoms with E-state index in [-0.39, 0.29) is 6.10 Å². The normalized spacial score (nSPS) is 46.3. The summed E-state index contributed by atoms with van der Waals surface area (Å²) in [6.45, 7) is 13.7. The van der Waals surface area contributed by atoms with Crippen LogP contribution in [0.3, 0.4) is 0 Å². The highest BCUT2D eigenvalue weighted by atomic mass is 16.5. The predicted molar refractivity (Wildman–Crippen MR) is 103 cm³/mol. The van der Waals surface area contributed by atoms with Crippen molar-refractivity contribution >= 4 is 6.79 Å². The van der Waals surface area contributed by atoms with Crippen molar-refractivity contribution in [1.82, 2.24) is 0 Å². The molecule has 0 aromatic heterocycles. The molecule has 0 radical (unpaired) electrons. The Morgan fingerprint density at radius 1 is 0.923 bits per heavy atom. The number of carbonyl (C=O) groups is 1. The number of fused-ring (bicyclic) bond motifs is 6. The quantitative estimate of drug-likeness (QED) is 0.453. The lowest BCUT2D eigenvalue weighted by Gasteiger charge is -2.67. The lowest BCUT2D eigenvalue weighted by Crippen LogP contribution is -2.62. The van der Waals surface area contributed by atoms with Crippen molar-refractivity contribution in [2.24, 2.45) is 47.3 Å². The molecule has 0 saturated heterocycles. The van der Waals surface area contributed by atoms with E-state index in [0.29, 0.717) is 5.92 Å². The molecule has 4 fully saturated rings. The van der Waals surface area contributed by atoms with E-state index in [0.717, 1.165) is 47.8 Å². The van der Waals surface area contributed by atoms with Crippen molar-refractivity contribution in [3.63, 3.8) is 0 Å². The number of aliphatic hydroxyl groups is 3. The number of hydrogen-bond donors (Lipinski definition) is 3. The molecule has 0 aromatic rings. The minimum absolute atomic E-state index is 0.0139. The molecule has 4 nitrogen and oxygen atoms in total. The van der Waals surface area contributed by atoms with Gasteiger partial charge in [-0.1, -0.05) is 26.0 Å². The van der Waals surface area contributed by atoms with E-state index in [1.54, 1.807) is 0 Å². The Morgan fingerprint density at radius 3 is 2.00 bits per heavy atom. The first-order valence-electron chi connectivity index (χ1n) is 10.2. The van der Waals surface area contributed by atoms with Gasteiger partial charge in [0, 0.05) is 0 Å². The second-order valence-corrected chi connectivity index (χ2v) is 9.59. The first-order chi connectivity index (χ1) is 12.1. The monoisotopic (exact) mass is 366 g/mol. The highest BCUT2D eigenvalue weighted by molar-refractivity contribution is 5.27. The summed E-state index contributed by atoms with van der Waals surface area (Å²) >= 11 is 0. The van der Waals surface area contributed by atoms with Gasteiger partial charge in [-0.2, -0.15) is 0 Å². The van der Waals surface area contributed by atoms with Crippen LogP contribution in [-0.4, -0.2) is 34.0 Å². The Labute approximate surface area is 158 Å². The molecule has 4 heteroatoms. The molecular formula is C22H38O4. The van der Waals surface area contributed by atoms with Gasteiger partial charge in [-0.3, -0.25) is 0 Å². The highest BCUT2D eigenvalue weighted by Crippen LogP contribution is 2.69. The SMILES string of the molecule is C=C1CC2C1C1CCC3C(C12)[C@@H](O)CCC(C)[C@@H]3C.C=O.CC(C)(O)O. The second kappa shape index (κ2) is 8.12. The van der Waals surface area contributed by atoms with Crippen LogP contribution in [0.15, 0.2) is 12.2 Å². The molecule has 9 atom stereocenters. The van der Waals surface area contributed by atoms with E-state index in [9.17, 15) is 5.11 Å². The highest BCUT2D eigenvalue weighted by Gasteiger charge is 2.63. The van der Waals surface area contributed by atoms with E-state index in [1.165, 1.54) is 45.1 Å². The van der Waals surface area contributed by atoms with Crippen molar-refractivity contribution in [3.05, 3.63) is 12.2 Å². The molecule has 150 valence electrons. The summed E-state index contributed by atoms with van der Waals surface area (Å²) in [5, 5.41) is 26.9. The third-order valence-electron chi connectivity index (χ3n) is 7.59. The molecule has 0 spiro atoms. The number of allylic oxidation sites excluding steroid dienone is 1. The van der Waals surface area contributed by atoms with Crippen molar-refractivity contribution in [2.75, 3.05) is 0 Å². The Balaban J connectivity index is 0.000000304. The van der Waals surface area contributed by atoms with Crippen LogP contribution >= 0.6 is 0 Å². The fraction of sp³-hybridized carbons (Fsp3) is 0.864. The van der Waals surface area contributed by atoms with Crippen LogP contribution in [0.25, 0.3) is 0 Å². The van der Waals surface area contributed by atoms with E-state index < -0.39 is 5.79 Å². The second-order valence-electron chi connectivity index (χ2n) is 9.59. The molecule has 0 aliphatic heterocycles. The summed E-state index contributed by atoms with van der Waals surface area (Å²) in [5.74, 6) is 5.02. The van der Waals surface area contributed by atoms with E-state index in [4.69, 9.17) is 15.0 Å². The fourth-order valence-corrected chi connectivity index (χ4v) is 6.39. The molecule has 7 unspecified atom stereocenters. The number of aliphatic hydroxyl groups excluding tert-OH is 1. The minimum Gasteiger partial charge on any atom is -0.393 e. The summed E-state index contributed by atoms with van der Waals surface area (Å²) in [4.78, 5) is 8.00. The van der Waals surface area contributed by atoms with Crippen LogP contribution < -0.4 is 0 Å². The number of carbonyl (C=O) groups excluding carboxylic acids is 1. The zero-order valence-corrected chi connectivity index (χ0v) is 16.9. The van der Waals surface area contributed by atoms with E-state index in [2.05, 4.69) is 20.4 Å². The van der Waals surface area contributed by atoms with Crippen molar-refractivity contribution < 1.29 is 20.1 Å².